The third-order valence-electron chi connectivity index (χ3n) is 5.45. The van der Waals surface area contributed by atoms with Crippen LogP contribution in [0.15, 0.2) is 42.6 Å². The molecule has 0 radical (unpaired) electrons. The lowest BCUT2D eigenvalue weighted by Gasteiger charge is -2.20. The molecule has 1 heterocycles. The molecule has 5 nitrogen and oxygen atoms in total. The van der Waals surface area contributed by atoms with Crippen LogP contribution in [-0.4, -0.2) is 18.2 Å². The highest BCUT2D eigenvalue weighted by Crippen LogP contribution is 2.33. The van der Waals surface area contributed by atoms with E-state index in [9.17, 15) is 18.1 Å². The molecule has 162 valence electrons. The van der Waals surface area contributed by atoms with Crippen LogP contribution >= 0.6 is 0 Å². The minimum atomic E-state index is -3.28. The number of hydrogen-bond donors (Lipinski definition) is 1. The molecule has 2 aromatic carbocycles. The molecule has 1 N–H and O–H groups in total. The van der Waals surface area contributed by atoms with Crippen molar-refractivity contribution in [3.05, 3.63) is 59.5 Å². The van der Waals surface area contributed by atoms with Gasteiger partial charge in [0.1, 0.15) is 5.82 Å². The maximum absolute atomic E-state index is 13.9. The first-order valence-corrected chi connectivity index (χ1v) is 11.9. The van der Waals surface area contributed by atoms with Crippen LogP contribution in [0.4, 0.5) is 4.39 Å². The van der Waals surface area contributed by atoms with Crippen molar-refractivity contribution in [3.8, 4) is 17.2 Å². The number of nitrogens with zero attached hydrogens (tertiary/aromatic N) is 2. The van der Waals surface area contributed by atoms with Gasteiger partial charge in [0.05, 0.1) is 16.9 Å². The molecule has 0 atom stereocenters. The van der Waals surface area contributed by atoms with Gasteiger partial charge in [-0.05, 0) is 53.6 Å². The standard InChI is InChI=1S/C24H26FN3O2S/c1-24(2,3)15-28-14-18(13-27-31(29,30)20-7-8-20)21-9-5-16(10-23(21)28)22-11-19(25)6-4-17(22)12-26/h4-6,9-11,14,20,27H,7-8,13,15H2,1-3H3. The third-order valence-corrected chi connectivity index (χ3v) is 7.35. The fraction of sp³-hybridized carbons (Fsp3) is 0.375. The van der Waals surface area contributed by atoms with Gasteiger partial charge < -0.3 is 4.57 Å². The van der Waals surface area contributed by atoms with E-state index in [-0.39, 0.29) is 17.2 Å². The average molecular weight is 440 g/mol. The summed E-state index contributed by atoms with van der Waals surface area (Å²) in [6.45, 7) is 7.38. The summed E-state index contributed by atoms with van der Waals surface area (Å²) >= 11 is 0. The largest absolute Gasteiger partial charge is 0.347 e. The van der Waals surface area contributed by atoms with Crippen molar-refractivity contribution in [1.82, 2.24) is 9.29 Å². The molecule has 1 fully saturated rings. The topological polar surface area (TPSA) is 74.9 Å². The van der Waals surface area contributed by atoms with E-state index in [1.54, 1.807) is 0 Å². The minimum absolute atomic E-state index is 0.00338. The normalized spacial score (nSPS) is 14.7. The summed E-state index contributed by atoms with van der Waals surface area (Å²) in [4.78, 5) is 0. The van der Waals surface area contributed by atoms with Crippen LogP contribution in [0, 0.1) is 22.6 Å². The third kappa shape index (κ3) is 4.65. The molecular formula is C24H26FN3O2S. The van der Waals surface area contributed by atoms with Crippen molar-refractivity contribution in [1.29, 1.82) is 5.26 Å². The van der Waals surface area contributed by atoms with Gasteiger partial charge in [-0.15, -0.1) is 0 Å². The molecule has 0 aliphatic heterocycles. The van der Waals surface area contributed by atoms with Crippen molar-refractivity contribution >= 4 is 20.9 Å². The Balaban J connectivity index is 1.79. The molecule has 0 spiro atoms. The Kier molecular flexibility index (Phi) is 5.40. The van der Waals surface area contributed by atoms with Gasteiger partial charge in [-0.3, -0.25) is 0 Å². The first-order chi connectivity index (χ1) is 14.6. The molecule has 0 unspecified atom stereocenters. The smallest absolute Gasteiger partial charge is 0.214 e. The maximum Gasteiger partial charge on any atom is 0.214 e. The van der Waals surface area contributed by atoms with Crippen molar-refractivity contribution < 1.29 is 12.8 Å². The molecule has 1 saturated carbocycles. The Morgan fingerprint density at radius 3 is 2.58 bits per heavy atom. The molecule has 31 heavy (non-hydrogen) atoms. The van der Waals surface area contributed by atoms with Crippen molar-refractivity contribution in [2.24, 2.45) is 5.41 Å². The number of nitrogens with one attached hydrogen (secondary N) is 1. The summed E-state index contributed by atoms with van der Waals surface area (Å²) in [6.07, 6.45) is 3.44. The zero-order valence-corrected chi connectivity index (χ0v) is 18.8. The second-order valence-corrected chi connectivity index (χ2v) is 11.5. The van der Waals surface area contributed by atoms with E-state index in [0.29, 0.717) is 11.1 Å². The Morgan fingerprint density at radius 1 is 1.19 bits per heavy atom. The fourth-order valence-corrected chi connectivity index (χ4v) is 5.19. The Hall–Kier alpha value is -2.69. The lowest BCUT2D eigenvalue weighted by molar-refractivity contribution is 0.349. The zero-order chi connectivity index (χ0) is 22.4. The minimum Gasteiger partial charge on any atom is -0.347 e. The van der Waals surface area contributed by atoms with Crippen molar-refractivity contribution in [2.75, 3.05) is 0 Å². The number of sulfonamides is 1. The highest BCUT2D eigenvalue weighted by molar-refractivity contribution is 7.90. The van der Waals surface area contributed by atoms with Gasteiger partial charge in [-0.1, -0.05) is 32.9 Å². The second kappa shape index (κ2) is 7.77. The number of fused-ring (bicyclic) bond motifs is 1. The predicted molar refractivity (Wildman–Crippen MR) is 120 cm³/mol. The van der Waals surface area contributed by atoms with Crippen LogP contribution in [0.5, 0.6) is 0 Å². The zero-order valence-electron chi connectivity index (χ0n) is 17.9. The first kappa shape index (κ1) is 21.5. The number of rotatable bonds is 6. The summed E-state index contributed by atoms with van der Waals surface area (Å²) in [5.41, 5.74) is 3.54. The molecule has 1 aromatic heterocycles. The molecule has 4 rings (SSSR count). The predicted octanol–water partition coefficient (Wildman–Crippen LogP) is 4.95. The van der Waals surface area contributed by atoms with E-state index in [4.69, 9.17) is 0 Å². The molecule has 7 heteroatoms. The monoisotopic (exact) mass is 439 g/mol. The van der Waals surface area contributed by atoms with E-state index < -0.39 is 15.8 Å². The van der Waals surface area contributed by atoms with Crippen molar-refractivity contribution in [3.63, 3.8) is 0 Å². The van der Waals surface area contributed by atoms with E-state index in [0.717, 1.165) is 41.4 Å². The van der Waals surface area contributed by atoms with Crippen molar-refractivity contribution in [2.45, 2.75) is 52.0 Å². The van der Waals surface area contributed by atoms with Gasteiger partial charge in [-0.25, -0.2) is 17.5 Å². The van der Waals surface area contributed by atoms with Gasteiger partial charge in [-0.2, -0.15) is 5.26 Å². The molecule has 1 aliphatic carbocycles. The summed E-state index contributed by atoms with van der Waals surface area (Å²) in [5.74, 6) is -0.394. The maximum atomic E-state index is 13.9. The Labute approximate surface area is 182 Å². The number of aromatic nitrogens is 1. The number of nitriles is 1. The van der Waals surface area contributed by atoms with Crippen LogP contribution in [0.25, 0.3) is 22.0 Å². The number of halogens is 1. The van der Waals surface area contributed by atoms with E-state index in [1.165, 1.54) is 18.2 Å². The van der Waals surface area contributed by atoms with Gasteiger partial charge in [0.25, 0.3) is 0 Å². The highest BCUT2D eigenvalue weighted by Gasteiger charge is 2.35. The lowest BCUT2D eigenvalue weighted by atomic mass is 9.96. The molecule has 3 aromatic rings. The van der Waals surface area contributed by atoms with Gasteiger partial charge in [0.15, 0.2) is 0 Å². The van der Waals surface area contributed by atoms with E-state index in [2.05, 4.69) is 36.1 Å². The van der Waals surface area contributed by atoms with Crippen LogP contribution in [0.1, 0.15) is 44.7 Å². The van der Waals surface area contributed by atoms with Crippen LogP contribution < -0.4 is 4.72 Å². The molecular weight excluding hydrogens is 413 g/mol. The van der Waals surface area contributed by atoms with E-state index >= 15 is 0 Å². The number of hydrogen-bond acceptors (Lipinski definition) is 3. The first-order valence-electron chi connectivity index (χ1n) is 10.4. The van der Waals surface area contributed by atoms with Gasteiger partial charge in [0.2, 0.25) is 10.0 Å². The quantitative estimate of drug-likeness (QED) is 0.591. The molecule has 0 saturated heterocycles. The molecule has 0 bridgehead atoms. The molecule has 0 amide bonds. The number of benzene rings is 2. The van der Waals surface area contributed by atoms with Crippen LogP contribution in [-0.2, 0) is 23.1 Å². The molecule has 1 aliphatic rings. The Morgan fingerprint density at radius 2 is 1.94 bits per heavy atom. The summed E-state index contributed by atoms with van der Waals surface area (Å²) in [5, 5.41) is 10.1. The summed E-state index contributed by atoms with van der Waals surface area (Å²) in [7, 11) is -3.28. The van der Waals surface area contributed by atoms with Gasteiger partial charge in [0, 0.05) is 35.8 Å². The van der Waals surface area contributed by atoms with Gasteiger partial charge >= 0.3 is 0 Å². The SMILES string of the molecule is CC(C)(C)Cn1cc(CNS(=O)(=O)C2CC2)c2ccc(-c3cc(F)ccc3C#N)cc21. The fourth-order valence-electron chi connectivity index (χ4n) is 3.85. The Bertz CT molecular complexity index is 1290. The van der Waals surface area contributed by atoms with E-state index in [1.807, 2.05) is 24.4 Å². The summed E-state index contributed by atoms with van der Waals surface area (Å²) in [6, 6.07) is 12.0. The average Bonchev–Trinajstić information content (AvgIpc) is 3.51. The second-order valence-electron chi connectivity index (χ2n) is 9.44. The van der Waals surface area contributed by atoms with Crippen LogP contribution in [0.2, 0.25) is 0 Å². The summed E-state index contributed by atoms with van der Waals surface area (Å²) < 4.78 is 43.3. The lowest BCUT2D eigenvalue weighted by Crippen LogP contribution is -2.26. The highest BCUT2D eigenvalue weighted by atomic mass is 32.2. The van der Waals surface area contributed by atoms with Crippen LogP contribution in [0.3, 0.4) is 0 Å².